The van der Waals surface area contributed by atoms with Gasteiger partial charge in [0.15, 0.2) is 0 Å². The molecule has 4 heteroatoms. The molecule has 0 unspecified atom stereocenters. The van der Waals surface area contributed by atoms with Gasteiger partial charge in [0.05, 0.1) is 17.0 Å². The van der Waals surface area contributed by atoms with E-state index in [1.54, 1.807) is 11.3 Å². The quantitative estimate of drug-likeness (QED) is 0.823. The molecule has 1 aliphatic rings. The van der Waals surface area contributed by atoms with E-state index in [-0.39, 0.29) is 11.3 Å². The highest BCUT2D eigenvalue weighted by molar-refractivity contribution is 7.10. The van der Waals surface area contributed by atoms with Gasteiger partial charge in [-0.2, -0.15) is 0 Å². The highest BCUT2D eigenvalue weighted by Crippen LogP contribution is 2.43. The molecule has 1 aromatic carbocycles. The number of rotatable bonds is 3. The summed E-state index contributed by atoms with van der Waals surface area (Å²) in [6, 6.07) is 11.6. The first-order valence-electron chi connectivity index (χ1n) is 7.78. The van der Waals surface area contributed by atoms with Crippen LogP contribution in [0, 0.1) is 11.8 Å². The van der Waals surface area contributed by atoms with Crippen molar-refractivity contribution in [1.82, 2.24) is 5.32 Å². The summed E-state index contributed by atoms with van der Waals surface area (Å²) in [5, 5.41) is 5.67. The van der Waals surface area contributed by atoms with E-state index < -0.39 is 0 Å². The van der Waals surface area contributed by atoms with E-state index in [2.05, 4.69) is 23.2 Å². The smallest absolute Gasteiger partial charge is 0.232 e. The Labute approximate surface area is 145 Å². The molecule has 2 aromatic rings. The Bertz CT molecular complexity index is 736. The molecule has 1 N–H and O–H groups in total. The molecule has 2 nitrogen and oxygen atoms in total. The van der Waals surface area contributed by atoms with E-state index in [4.69, 9.17) is 11.6 Å². The van der Waals surface area contributed by atoms with Crippen LogP contribution in [-0.2, 0) is 10.2 Å². The van der Waals surface area contributed by atoms with Gasteiger partial charge in [-0.25, -0.2) is 0 Å². The Balaban J connectivity index is 1.66. The van der Waals surface area contributed by atoms with E-state index >= 15 is 0 Å². The predicted octanol–water partition coefficient (Wildman–Crippen LogP) is 4.38. The van der Waals surface area contributed by atoms with Gasteiger partial charge < -0.3 is 5.32 Å². The number of thiophene rings is 1. The van der Waals surface area contributed by atoms with Gasteiger partial charge in [-0.15, -0.1) is 11.3 Å². The van der Waals surface area contributed by atoms with Gasteiger partial charge in [0.2, 0.25) is 5.91 Å². The second-order valence-electron chi connectivity index (χ2n) is 5.73. The Kier molecular flexibility index (Phi) is 5.05. The molecule has 23 heavy (non-hydrogen) atoms. The van der Waals surface area contributed by atoms with E-state index in [1.165, 1.54) is 4.88 Å². The molecule has 1 amide bonds. The van der Waals surface area contributed by atoms with Crippen molar-refractivity contribution in [3.8, 4) is 11.8 Å². The number of amides is 1. The molecule has 0 aliphatic heterocycles. The normalized spacial score (nSPS) is 15.7. The third-order valence-corrected chi connectivity index (χ3v) is 5.72. The van der Waals surface area contributed by atoms with Crippen LogP contribution in [0.1, 0.15) is 36.1 Å². The predicted molar refractivity (Wildman–Crippen MR) is 95.8 cm³/mol. The maximum absolute atomic E-state index is 12.7. The topological polar surface area (TPSA) is 29.1 Å². The summed E-state index contributed by atoms with van der Waals surface area (Å²) in [5.74, 6) is 6.11. The van der Waals surface area contributed by atoms with Crippen LogP contribution < -0.4 is 5.32 Å². The van der Waals surface area contributed by atoms with Crippen LogP contribution in [0.5, 0.6) is 0 Å². The lowest BCUT2D eigenvalue weighted by Crippen LogP contribution is -2.42. The van der Waals surface area contributed by atoms with Gasteiger partial charge in [0.25, 0.3) is 0 Å². The molecule has 0 atom stereocenters. The number of halogens is 1. The maximum atomic E-state index is 12.7. The first kappa shape index (κ1) is 16.1. The Morgan fingerprint density at radius 3 is 2.70 bits per heavy atom. The fourth-order valence-corrected chi connectivity index (χ4v) is 4.28. The van der Waals surface area contributed by atoms with Crippen LogP contribution in [0.4, 0.5) is 0 Å². The Hall–Kier alpha value is -1.76. The minimum atomic E-state index is -0.347. The maximum Gasteiger partial charge on any atom is 0.232 e. The highest BCUT2D eigenvalue weighted by atomic mass is 35.5. The molecule has 0 radical (unpaired) electrons. The molecule has 3 rings (SSSR count). The van der Waals surface area contributed by atoms with E-state index in [0.717, 1.165) is 31.2 Å². The van der Waals surface area contributed by atoms with E-state index in [0.29, 0.717) is 11.6 Å². The summed E-state index contributed by atoms with van der Waals surface area (Å²) in [6.45, 7) is 0.344. The molecular weight excluding hydrogens is 326 g/mol. The molecule has 1 aromatic heterocycles. The fourth-order valence-electron chi connectivity index (χ4n) is 3.11. The van der Waals surface area contributed by atoms with Crippen molar-refractivity contribution in [2.75, 3.05) is 6.54 Å². The molecule has 118 valence electrons. The largest absolute Gasteiger partial charge is 0.344 e. The third-order valence-electron chi connectivity index (χ3n) is 4.32. The SMILES string of the molecule is O=C(NCC#Cc1ccccc1Cl)C1(c2cccs2)CCCC1. The van der Waals surface area contributed by atoms with Crippen molar-refractivity contribution >= 4 is 28.8 Å². The van der Waals surface area contributed by atoms with Crippen LogP contribution in [0.3, 0.4) is 0 Å². The number of hydrogen-bond acceptors (Lipinski definition) is 2. The third kappa shape index (κ3) is 3.44. The number of carbonyl (C=O) groups excluding carboxylic acids is 1. The standard InChI is InChI=1S/C19H18ClNOS/c20-16-9-2-1-7-15(16)8-5-13-21-18(22)19(11-3-4-12-19)17-10-6-14-23-17/h1-2,6-7,9-10,14H,3-4,11-13H2,(H,21,22). The minimum Gasteiger partial charge on any atom is -0.344 e. The van der Waals surface area contributed by atoms with Crippen LogP contribution in [0.2, 0.25) is 5.02 Å². The number of hydrogen-bond donors (Lipinski definition) is 1. The van der Waals surface area contributed by atoms with Gasteiger partial charge in [0, 0.05) is 10.4 Å². The second kappa shape index (κ2) is 7.21. The molecule has 0 bridgehead atoms. The number of benzene rings is 1. The molecule has 0 spiro atoms. The van der Waals surface area contributed by atoms with Crippen molar-refractivity contribution in [1.29, 1.82) is 0 Å². The van der Waals surface area contributed by atoms with E-state index in [1.807, 2.05) is 35.7 Å². The molecule has 1 aliphatic carbocycles. The van der Waals surface area contributed by atoms with Gasteiger partial charge in [0.1, 0.15) is 0 Å². The summed E-state index contributed by atoms with van der Waals surface area (Å²) in [5.41, 5.74) is 0.442. The number of carbonyl (C=O) groups is 1. The molecule has 1 heterocycles. The van der Waals surface area contributed by atoms with Crippen LogP contribution in [-0.4, -0.2) is 12.5 Å². The second-order valence-corrected chi connectivity index (χ2v) is 7.09. The lowest BCUT2D eigenvalue weighted by Gasteiger charge is -2.26. The van der Waals surface area contributed by atoms with Crippen molar-refractivity contribution in [2.45, 2.75) is 31.1 Å². The van der Waals surface area contributed by atoms with E-state index in [9.17, 15) is 4.79 Å². The summed E-state index contributed by atoms with van der Waals surface area (Å²) in [7, 11) is 0. The lowest BCUT2D eigenvalue weighted by atomic mass is 9.83. The van der Waals surface area contributed by atoms with Crippen LogP contribution in [0.25, 0.3) is 0 Å². The first-order valence-corrected chi connectivity index (χ1v) is 9.04. The Morgan fingerprint density at radius 2 is 2.00 bits per heavy atom. The molecular formula is C19H18ClNOS. The number of nitrogens with one attached hydrogen (secondary N) is 1. The van der Waals surface area contributed by atoms with Crippen molar-refractivity contribution < 1.29 is 4.79 Å². The van der Waals surface area contributed by atoms with Crippen LogP contribution >= 0.6 is 22.9 Å². The fraction of sp³-hybridized carbons (Fsp3) is 0.316. The summed E-state index contributed by atoms with van der Waals surface area (Å²) < 4.78 is 0. The lowest BCUT2D eigenvalue weighted by molar-refractivity contribution is -0.126. The Morgan fingerprint density at radius 1 is 1.22 bits per heavy atom. The average molecular weight is 344 g/mol. The zero-order valence-corrected chi connectivity index (χ0v) is 14.3. The summed E-state index contributed by atoms with van der Waals surface area (Å²) in [6.07, 6.45) is 4.07. The highest BCUT2D eigenvalue weighted by Gasteiger charge is 2.43. The van der Waals surface area contributed by atoms with Crippen LogP contribution in [0.15, 0.2) is 41.8 Å². The van der Waals surface area contributed by atoms with Gasteiger partial charge in [-0.3, -0.25) is 4.79 Å². The summed E-state index contributed by atoms with van der Waals surface area (Å²) in [4.78, 5) is 13.9. The average Bonchev–Trinajstić information content (AvgIpc) is 3.24. The zero-order valence-electron chi connectivity index (χ0n) is 12.8. The van der Waals surface area contributed by atoms with Gasteiger partial charge in [-0.05, 0) is 36.4 Å². The van der Waals surface area contributed by atoms with Gasteiger partial charge >= 0.3 is 0 Å². The van der Waals surface area contributed by atoms with Crippen molar-refractivity contribution in [3.63, 3.8) is 0 Å². The zero-order chi connectivity index (χ0) is 16.1. The van der Waals surface area contributed by atoms with Gasteiger partial charge in [-0.1, -0.05) is 54.5 Å². The summed E-state index contributed by atoms with van der Waals surface area (Å²) >= 11 is 7.74. The molecule has 0 saturated heterocycles. The monoisotopic (exact) mass is 343 g/mol. The van der Waals surface area contributed by atoms with Crippen molar-refractivity contribution in [2.24, 2.45) is 0 Å². The molecule has 1 fully saturated rings. The first-order chi connectivity index (χ1) is 11.2. The molecule has 1 saturated carbocycles. The minimum absolute atomic E-state index is 0.103. The van der Waals surface area contributed by atoms with Crippen molar-refractivity contribution in [3.05, 3.63) is 57.2 Å².